The maximum atomic E-state index is 13.3. The van der Waals surface area contributed by atoms with Crippen LogP contribution in [0.15, 0.2) is 36.7 Å². The Balaban J connectivity index is 1.57. The molecule has 0 bridgehead atoms. The Hall–Kier alpha value is -2.21. The highest BCUT2D eigenvalue weighted by molar-refractivity contribution is 7.20. The number of amides is 1. The summed E-state index contributed by atoms with van der Waals surface area (Å²) < 4.78 is 16.4. The minimum absolute atomic E-state index is 0.0408. The number of likely N-dealkylation sites (tertiary alicyclic amines) is 1. The number of aromatic nitrogens is 2. The lowest BCUT2D eigenvalue weighted by molar-refractivity contribution is 0.0683. The van der Waals surface area contributed by atoms with Gasteiger partial charge in [0.15, 0.2) is 0 Å². The van der Waals surface area contributed by atoms with Gasteiger partial charge in [0.25, 0.3) is 5.91 Å². The van der Waals surface area contributed by atoms with Gasteiger partial charge in [-0.25, -0.2) is 9.37 Å². The summed E-state index contributed by atoms with van der Waals surface area (Å²) in [6, 6.07) is 6.73. The van der Waals surface area contributed by atoms with E-state index >= 15 is 0 Å². The predicted molar refractivity (Wildman–Crippen MR) is 92.9 cm³/mol. The van der Waals surface area contributed by atoms with Gasteiger partial charge in [-0.1, -0.05) is 0 Å². The summed E-state index contributed by atoms with van der Waals surface area (Å²) >= 11 is 1.43. The summed E-state index contributed by atoms with van der Waals surface area (Å²) in [5.41, 5.74) is 0. The van der Waals surface area contributed by atoms with Crippen molar-refractivity contribution in [2.24, 2.45) is 0 Å². The largest absolute Gasteiger partial charge is 0.336 e. The first-order valence-electron chi connectivity index (χ1n) is 8.09. The molecule has 1 aliphatic heterocycles. The summed E-state index contributed by atoms with van der Waals surface area (Å²) in [6.45, 7) is 3.45. The van der Waals surface area contributed by atoms with Crippen LogP contribution in [0.3, 0.4) is 0 Å². The highest BCUT2D eigenvalue weighted by Gasteiger charge is 2.27. The lowest BCUT2D eigenvalue weighted by atomic mass is 10.1. The molecule has 3 heterocycles. The minimum atomic E-state index is -0.270. The van der Waals surface area contributed by atoms with E-state index in [-0.39, 0.29) is 17.8 Å². The number of nitrogens with zero attached hydrogens (tertiary/aromatic N) is 3. The van der Waals surface area contributed by atoms with Gasteiger partial charge in [-0.15, -0.1) is 11.3 Å². The Bertz CT molecular complexity index is 901. The lowest BCUT2D eigenvalue weighted by Gasteiger charge is -2.33. The molecule has 0 spiro atoms. The zero-order chi connectivity index (χ0) is 16.7. The van der Waals surface area contributed by atoms with Gasteiger partial charge in [0, 0.05) is 30.2 Å². The zero-order valence-electron chi connectivity index (χ0n) is 13.4. The van der Waals surface area contributed by atoms with Crippen molar-refractivity contribution in [1.29, 1.82) is 0 Å². The number of hydrogen-bond donors (Lipinski definition) is 0. The number of hydrogen-bond acceptors (Lipinski definition) is 3. The number of thiophene rings is 1. The van der Waals surface area contributed by atoms with E-state index in [2.05, 4.69) is 9.55 Å². The molecule has 1 aliphatic rings. The van der Waals surface area contributed by atoms with Crippen molar-refractivity contribution in [2.45, 2.75) is 25.8 Å². The third-order valence-electron chi connectivity index (χ3n) is 4.63. The van der Waals surface area contributed by atoms with Gasteiger partial charge in [-0.05, 0) is 49.4 Å². The van der Waals surface area contributed by atoms with Crippen LogP contribution < -0.4 is 0 Å². The molecule has 1 aromatic carbocycles. The second-order valence-corrected chi connectivity index (χ2v) is 7.31. The Kier molecular flexibility index (Phi) is 3.84. The maximum Gasteiger partial charge on any atom is 0.264 e. The van der Waals surface area contributed by atoms with Gasteiger partial charge in [0.2, 0.25) is 0 Å². The first-order chi connectivity index (χ1) is 11.6. The van der Waals surface area contributed by atoms with Gasteiger partial charge in [0.1, 0.15) is 11.6 Å². The molecule has 2 aromatic heterocycles. The van der Waals surface area contributed by atoms with Crippen LogP contribution in [0.1, 0.15) is 34.4 Å². The predicted octanol–water partition coefficient (Wildman–Crippen LogP) is 4.02. The SMILES string of the molecule is Cc1nccn1C1CCCN(C(=O)c2cc3cc(F)ccc3s2)C1. The Morgan fingerprint density at radius 3 is 3.04 bits per heavy atom. The summed E-state index contributed by atoms with van der Waals surface area (Å²) in [5, 5.41) is 0.794. The average molecular weight is 343 g/mol. The van der Waals surface area contributed by atoms with Crippen LogP contribution in [0.25, 0.3) is 10.1 Å². The number of rotatable bonds is 2. The molecule has 4 nitrogen and oxygen atoms in total. The zero-order valence-corrected chi connectivity index (χ0v) is 14.2. The van der Waals surface area contributed by atoms with Gasteiger partial charge < -0.3 is 9.47 Å². The van der Waals surface area contributed by atoms with Crippen LogP contribution in [0.5, 0.6) is 0 Å². The fraction of sp³-hybridized carbons (Fsp3) is 0.333. The smallest absolute Gasteiger partial charge is 0.264 e. The lowest BCUT2D eigenvalue weighted by Crippen LogP contribution is -2.40. The second-order valence-electron chi connectivity index (χ2n) is 6.22. The topological polar surface area (TPSA) is 38.1 Å². The van der Waals surface area contributed by atoms with E-state index in [0.717, 1.165) is 35.3 Å². The highest BCUT2D eigenvalue weighted by Crippen LogP contribution is 2.29. The fourth-order valence-corrected chi connectivity index (χ4v) is 4.43. The van der Waals surface area contributed by atoms with E-state index in [1.165, 1.54) is 23.5 Å². The quantitative estimate of drug-likeness (QED) is 0.705. The maximum absolute atomic E-state index is 13.3. The van der Waals surface area contributed by atoms with Crippen molar-refractivity contribution in [3.63, 3.8) is 0 Å². The average Bonchev–Trinajstić information content (AvgIpc) is 3.20. The normalized spacial score (nSPS) is 18.2. The van der Waals surface area contributed by atoms with Crippen molar-refractivity contribution in [2.75, 3.05) is 13.1 Å². The molecule has 0 N–H and O–H groups in total. The summed E-state index contributed by atoms with van der Waals surface area (Å²) in [5.74, 6) is 0.749. The van der Waals surface area contributed by atoms with E-state index in [4.69, 9.17) is 0 Å². The first-order valence-corrected chi connectivity index (χ1v) is 8.91. The molecular weight excluding hydrogens is 325 g/mol. The third-order valence-corrected chi connectivity index (χ3v) is 5.73. The van der Waals surface area contributed by atoms with Crippen LogP contribution in [0, 0.1) is 12.7 Å². The molecule has 1 saturated heterocycles. The van der Waals surface area contributed by atoms with Crippen molar-refractivity contribution in [3.8, 4) is 0 Å². The summed E-state index contributed by atoms with van der Waals surface area (Å²) in [6.07, 6.45) is 5.82. The molecule has 4 rings (SSSR count). The molecule has 1 fully saturated rings. The van der Waals surface area contributed by atoms with E-state index in [1.807, 2.05) is 18.0 Å². The number of carbonyl (C=O) groups excluding carboxylic acids is 1. The van der Waals surface area contributed by atoms with Crippen molar-refractivity contribution < 1.29 is 9.18 Å². The molecule has 0 aliphatic carbocycles. The number of carbonyl (C=O) groups is 1. The van der Waals surface area contributed by atoms with Crippen LogP contribution in [-0.4, -0.2) is 33.4 Å². The standard InChI is InChI=1S/C18H18FN3OS/c1-12-20-6-8-22(12)15-3-2-7-21(11-15)18(23)17-10-13-9-14(19)4-5-16(13)24-17/h4-6,8-10,15H,2-3,7,11H2,1H3. The molecule has 1 amide bonds. The molecule has 1 atom stereocenters. The fourth-order valence-electron chi connectivity index (χ4n) is 3.42. The molecule has 6 heteroatoms. The third kappa shape index (κ3) is 2.71. The molecule has 124 valence electrons. The van der Waals surface area contributed by atoms with E-state index in [0.29, 0.717) is 11.4 Å². The van der Waals surface area contributed by atoms with Crippen LogP contribution in [-0.2, 0) is 0 Å². The number of benzene rings is 1. The number of imidazole rings is 1. The van der Waals surface area contributed by atoms with E-state index < -0.39 is 0 Å². The van der Waals surface area contributed by atoms with Crippen molar-refractivity contribution >= 4 is 27.3 Å². The molecule has 3 aromatic rings. The Morgan fingerprint density at radius 2 is 2.25 bits per heavy atom. The first kappa shape index (κ1) is 15.3. The Labute approximate surface area is 143 Å². The highest BCUT2D eigenvalue weighted by atomic mass is 32.1. The Morgan fingerprint density at radius 1 is 1.38 bits per heavy atom. The molecule has 1 unspecified atom stereocenters. The number of piperidine rings is 1. The minimum Gasteiger partial charge on any atom is -0.336 e. The van der Waals surface area contributed by atoms with Crippen molar-refractivity contribution in [3.05, 3.63) is 53.2 Å². The van der Waals surface area contributed by atoms with Crippen LogP contribution in [0.4, 0.5) is 4.39 Å². The number of halogens is 1. The van der Waals surface area contributed by atoms with Crippen molar-refractivity contribution in [1.82, 2.24) is 14.5 Å². The monoisotopic (exact) mass is 343 g/mol. The van der Waals surface area contributed by atoms with E-state index in [1.54, 1.807) is 18.3 Å². The number of aryl methyl sites for hydroxylation is 1. The summed E-state index contributed by atoms with van der Waals surface area (Å²) in [4.78, 5) is 19.7. The number of fused-ring (bicyclic) bond motifs is 1. The van der Waals surface area contributed by atoms with Crippen LogP contribution in [0.2, 0.25) is 0 Å². The van der Waals surface area contributed by atoms with Gasteiger partial charge in [-0.3, -0.25) is 4.79 Å². The van der Waals surface area contributed by atoms with Gasteiger partial charge in [-0.2, -0.15) is 0 Å². The molecule has 24 heavy (non-hydrogen) atoms. The van der Waals surface area contributed by atoms with Gasteiger partial charge >= 0.3 is 0 Å². The molecule has 0 saturated carbocycles. The van der Waals surface area contributed by atoms with E-state index in [9.17, 15) is 9.18 Å². The van der Waals surface area contributed by atoms with Crippen LogP contribution >= 0.6 is 11.3 Å². The molecule has 0 radical (unpaired) electrons. The van der Waals surface area contributed by atoms with Gasteiger partial charge in [0.05, 0.1) is 10.9 Å². The second kappa shape index (κ2) is 6.02. The summed E-state index contributed by atoms with van der Waals surface area (Å²) in [7, 11) is 0. The molecular formula is C18H18FN3OS.